The molecular weight excluding hydrogens is 372 g/mol. The van der Waals surface area contributed by atoms with Crippen LogP contribution in [0.5, 0.6) is 0 Å². The van der Waals surface area contributed by atoms with E-state index < -0.39 is 11.8 Å². The molecule has 0 radical (unpaired) electrons. The van der Waals surface area contributed by atoms with Crippen molar-refractivity contribution in [3.8, 4) is 17.3 Å². The molecule has 0 bridgehead atoms. The summed E-state index contributed by atoms with van der Waals surface area (Å²) in [6.45, 7) is 0.540. The van der Waals surface area contributed by atoms with Crippen LogP contribution in [-0.2, 0) is 22.7 Å². The van der Waals surface area contributed by atoms with Gasteiger partial charge >= 0.3 is 11.8 Å². The highest BCUT2D eigenvalue weighted by atomic mass is 16.3. The maximum Gasteiger partial charge on any atom is 0.329 e. The monoisotopic (exact) mass is 390 g/mol. The fourth-order valence-electron chi connectivity index (χ4n) is 2.50. The molecule has 146 valence electrons. The summed E-state index contributed by atoms with van der Waals surface area (Å²) in [5.41, 5.74) is 4.36. The van der Waals surface area contributed by atoms with E-state index in [-0.39, 0.29) is 6.54 Å². The Kier molecular flexibility index (Phi) is 6.52. The summed E-state index contributed by atoms with van der Waals surface area (Å²) in [5.74, 6) is -1.19. The fourth-order valence-corrected chi connectivity index (χ4v) is 2.50. The predicted octanol–water partition coefficient (Wildman–Crippen LogP) is 1.82. The number of amides is 2. The van der Waals surface area contributed by atoms with Gasteiger partial charge in [-0.2, -0.15) is 15.5 Å². The van der Waals surface area contributed by atoms with Crippen LogP contribution in [0.2, 0.25) is 0 Å². The number of aromatic nitrogens is 2. The number of hydrogen-bond acceptors (Lipinski definition) is 6. The third-order valence-electron chi connectivity index (χ3n) is 3.87. The predicted molar refractivity (Wildman–Crippen MR) is 104 cm³/mol. The van der Waals surface area contributed by atoms with Gasteiger partial charge in [0.05, 0.1) is 38.1 Å². The van der Waals surface area contributed by atoms with Crippen molar-refractivity contribution in [1.29, 1.82) is 5.26 Å². The number of benzene rings is 1. The lowest BCUT2D eigenvalue weighted by Gasteiger charge is -2.01. The Morgan fingerprint density at radius 3 is 2.76 bits per heavy atom. The van der Waals surface area contributed by atoms with E-state index in [0.717, 1.165) is 5.56 Å². The zero-order valence-electron chi connectivity index (χ0n) is 15.4. The number of nitrogens with one attached hydrogen (secondary N) is 2. The van der Waals surface area contributed by atoms with E-state index >= 15 is 0 Å². The highest BCUT2D eigenvalue weighted by molar-refractivity contribution is 6.35. The smallest absolute Gasteiger partial charge is 0.329 e. The summed E-state index contributed by atoms with van der Waals surface area (Å²) >= 11 is 0. The summed E-state index contributed by atoms with van der Waals surface area (Å²) in [4.78, 5) is 23.7. The second kappa shape index (κ2) is 9.66. The van der Waals surface area contributed by atoms with Gasteiger partial charge in [0.25, 0.3) is 0 Å². The normalized spacial score (nSPS) is 10.6. The van der Waals surface area contributed by atoms with Gasteiger partial charge in [-0.25, -0.2) is 5.43 Å². The lowest BCUT2D eigenvalue weighted by molar-refractivity contribution is -0.139. The molecule has 0 unspecified atom stereocenters. The number of carbonyl (C=O) groups is 2. The molecule has 0 fully saturated rings. The van der Waals surface area contributed by atoms with E-state index in [1.54, 1.807) is 23.0 Å². The minimum Gasteiger partial charge on any atom is -0.467 e. The average Bonchev–Trinajstić information content (AvgIpc) is 3.41. The molecular formula is C20H18N6O3. The summed E-state index contributed by atoms with van der Waals surface area (Å²) in [6.07, 6.45) is 4.94. The lowest BCUT2D eigenvalue weighted by atomic mass is 10.1. The van der Waals surface area contributed by atoms with Crippen LogP contribution in [0.3, 0.4) is 0 Å². The zero-order chi connectivity index (χ0) is 20.5. The summed E-state index contributed by atoms with van der Waals surface area (Å²) < 4.78 is 6.73. The Morgan fingerprint density at radius 1 is 1.21 bits per heavy atom. The molecule has 0 spiro atoms. The minimum absolute atomic E-state index is 0.104. The van der Waals surface area contributed by atoms with Gasteiger partial charge in [-0.15, -0.1) is 0 Å². The molecule has 3 aromatic rings. The molecule has 29 heavy (non-hydrogen) atoms. The van der Waals surface area contributed by atoms with Gasteiger partial charge in [-0.1, -0.05) is 30.3 Å². The van der Waals surface area contributed by atoms with Crippen molar-refractivity contribution >= 4 is 18.0 Å². The van der Waals surface area contributed by atoms with Crippen LogP contribution >= 0.6 is 0 Å². The zero-order valence-corrected chi connectivity index (χ0v) is 15.4. The standard InChI is InChI=1S/C20H18N6O3/c21-9-5-10-26-14-16(18(25-26)15-6-2-1-3-7-15)12-23-24-20(28)19(27)22-13-17-8-4-11-29-17/h1-4,6-8,11-12,14H,5,10,13H2,(H,22,27)(H,24,28)/b23-12-. The van der Waals surface area contributed by atoms with Gasteiger partial charge in [0.1, 0.15) is 11.5 Å². The molecule has 0 atom stereocenters. The summed E-state index contributed by atoms with van der Waals surface area (Å²) in [6, 6.07) is 14.9. The number of hydrazone groups is 1. The van der Waals surface area contributed by atoms with Crippen molar-refractivity contribution in [1.82, 2.24) is 20.5 Å². The quantitative estimate of drug-likeness (QED) is 0.362. The first kappa shape index (κ1) is 19.6. The first-order valence-electron chi connectivity index (χ1n) is 8.81. The molecule has 0 saturated carbocycles. The number of nitrogens with zero attached hydrogens (tertiary/aromatic N) is 4. The first-order valence-corrected chi connectivity index (χ1v) is 8.81. The molecule has 3 rings (SSSR count). The third-order valence-corrected chi connectivity index (χ3v) is 3.87. The summed E-state index contributed by atoms with van der Waals surface area (Å²) in [5, 5.41) is 19.5. The van der Waals surface area contributed by atoms with Crippen molar-refractivity contribution in [2.75, 3.05) is 0 Å². The van der Waals surface area contributed by atoms with Crippen LogP contribution in [0.4, 0.5) is 0 Å². The molecule has 9 nitrogen and oxygen atoms in total. The van der Waals surface area contributed by atoms with Gasteiger partial charge in [0.15, 0.2) is 0 Å². The molecule has 2 N–H and O–H groups in total. The van der Waals surface area contributed by atoms with Gasteiger partial charge in [0.2, 0.25) is 0 Å². The van der Waals surface area contributed by atoms with E-state index in [4.69, 9.17) is 9.68 Å². The Morgan fingerprint density at radius 2 is 2.03 bits per heavy atom. The van der Waals surface area contributed by atoms with Crippen LogP contribution in [0.25, 0.3) is 11.3 Å². The topological polar surface area (TPSA) is 125 Å². The second-order valence-electron chi connectivity index (χ2n) is 5.93. The first-order chi connectivity index (χ1) is 14.2. The maximum absolute atomic E-state index is 11.9. The number of rotatable bonds is 7. The van der Waals surface area contributed by atoms with Gasteiger partial charge in [-0.3, -0.25) is 14.3 Å². The molecule has 9 heteroatoms. The third kappa shape index (κ3) is 5.40. The number of carbonyl (C=O) groups excluding carboxylic acids is 2. The van der Waals surface area contributed by atoms with Crippen molar-refractivity contribution in [3.63, 3.8) is 0 Å². The largest absolute Gasteiger partial charge is 0.467 e. The van der Waals surface area contributed by atoms with Crippen LogP contribution < -0.4 is 10.7 Å². The van der Waals surface area contributed by atoms with Crippen molar-refractivity contribution in [2.24, 2.45) is 5.10 Å². The van der Waals surface area contributed by atoms with Crippen LogP contribution in [0.15, 0.2) is 64.4 Å². The van der Waals surface area contributed by atoms with Crippen LogP contribution in [0.1, 0.15) is 17.7 Å². The van der Waals surface area contributed by atoms with E-state index in [1.165, 1.54) is 12.5 Å². The van der Waals surface area contributed by atoms with E-state index in [1.807, 2.05) is 30.3 Å². The number of nitriles is 1. The van der Waals surface area contributed by atoms with E-state index in [0.29, 0.717) is 30.0 Å². The Hall–Kier alpha value is -4.19. The molecule has 0 aliphatic carbocycles. The Bertz CT molecular complexity index is 1030. The molecule has 2 amide bonds. The van der Waals surface area contributed by atoms with Gasteiger partial charge in [-0.05, 0) is 12.1 Å². The fraction of sp³-hybridized carbons (Fsp3) is 0.150. The Labute approximate surface area is 166 Å². The van der Waals surface area contributed by atoms with Gasteiger partial charge in [0, 0.05) is 17.3 Å². The SMILES string of the molecule is N#CCCn1cc(/C=N\NC(=O)C(=O)NCc2ccco2)c(-c2ccccc2)n1. The molecule has 0 aliphatic heterocycles. The minimum atomic E-state index is -0.897. The average molecular weight is 390 g/mol. The molecule has 2 aromatic heterocycles. The number of furan rings is 1. The summed E-state index contributed by atoms with van der Waals surface area (Å²) in [7, 11) is 0. The highest BCUT2D eigenvalue weighted by Gasteiger charge is 2.13. The number of aryl methyl sites for hydroxylation is 1. The molecule has 1 aromatic carbocycles. The van der Waals surface area contributed by atoms with E-state index in [9.17, 15) is 9.59 Å². The lowest BCUT2D eigenvalue weighted by Crippen LogP contribution is -2.37. The van der Waals surface area contributed by atoms with E-state index in [2.05, 4.69) is 27.0 Å². The van der Waals surface area contributed by atoms with Crippen molar-refractivity contribution in [2.45, 2.75) is 19.5 Å². The molecule has 2 heterocycles. The molecule has 0 aliphatic rings. The second-order valence-corrected chi connectivity index (χ2v) is 5.93. The highest BCUT2D eigenvalue weighted by Crippen LogP contribution is 2.20. The number of hydrogen-bond donors (Lipinski definition) is 2. The van der Waals surface area contributed by atoms with Crippen molar-refractivity contribution in [3.05, 3.63) is 66.2 Å². The van der Waals surface area contributed by atoms with Gasteiger partial charge < -0.3 is 9.73 Å². The maximum atomic E-state index is 11.9. The van der Waals surface area contributed by atoms with Crippen LogP contribution in [-0.4, -0.2) is 27.8 Å². The van der Waals surface area contributed by atoms with Crippen LogP contribution in [0, 0.1) is 11.3 Å². The van der Waals surface area contributed by atoms with Crippen molar-refractivity contribution < 1.29 is 14.0 Å². The molecule has 0 saturated heterocycles. The Balaban J connectivity index is 1.65.